The molecular formula is C20H19Cl3F3N3O4S. The van der Waals surface area contributed by atoms with E-state index in [2.05, 4.69) is 16.0 Å². The van der Waals surface area contributed by atoms with E-state index in [0.29, 0.717) is 0 Å². The summed E-state index contributed by atoms with van der Waals surface area (Å²) in [7, 11) is 4.16. The van der Waals surface area contributed by atoms with Crippen LogP contribution in [-0.2, 0) is 6.18 Å². The summed E-state index contributed by atoms with van der Waals surface area (Å²) in [5.74, 6) is -0.00623. The molecule has 0 fully saturated rings. The Morgan fingerprint density at radius 3 is 2.03 bits per heavy atom. The normalized spacial score (nSPS) is 12.4. The lowest BCUT2D eigenvalue weighted by atomic mass is 10.1. The molecule has 2 rings (SSSR count). The molecule has 0 aliphatic rings. The first-order valence-corrected chi connectivity index (χ1v) is 10.8. The monoisotopic (exact) mass is 559 g/mol. The van der Waals surface area contributed by atoms with Crippen LogP contribution >= 0.6 is 47.0 Å². The summed E-state index contributed by atoms with van der Waals surface area (Å²) in [6.45, 7) is 0. The standard InChI is InChI=1S/C20H19Cl3F3N3O4S/c1-31-13-7-10(8-14(32-2)15(13)33-3)16(30)28-17(19(21,22)23)29-18(34)27-12-6-4-5-11(9-12)20(24,25)26/h4-9,17H,1-3H3,(H,28,30)(H2,27,29,34). The number of rotatable bonds is 7. The predicted molar refractivity (Wildman–Crippen MR) is 128 cm³/mol. The molecule has 34 heavy (non-hydrogen) atoms. The first-order chi connectivity index (χ1) is 15.8. The van der Waals surface area contributed by atoms with E-state index in [4.69, 9.17) is 61.2 Å². The van der Waals surface area contributed by atoms with Gasteiger partial charge < -0.3 is 30.2 Å². The molecule has 1 amide bonds. The third kappa shape index (κ3) is 7.33. The number of carbonyl (C=O) groups is 1. The van der Waals surface area contributed by atoms with Crippen molar-refractivity contribution in [3.05, 3.63) is 47.5 Å². The van der Waals surface area contributed by atoms with Crippen molar-refractivity contribution in [3.8, 4) is 17.2 Å². The van der Waals surface area contributed by atoms with Crippen LogP contribution in [0.25, 0.3) is 0 Å². The highest BCUT2D eigenvalue weighted by Gasteiger charge is 2.35. The van der Waals surface area contributed by atoms with Crippen LogP contribution in [0.2, 0.25) is 0 Å². The van der Waals surface area contributed by atoms with Crippen molar-refractivity contribution in [1.29, 1.82) is 0 Å². The molecule has 186 valence electrons. The van der Waals surface area contributed by atoms with Crippen molar-refractivity contribution in [2.75, 3.05) is 26.6 Å². The zero-order valence-electron chi connectivity index (χ0n) is 17.9. The molecule has 0 aromatic heterocycles. The Morgan fingerprint density at radius 2 is 1.56 bits per heavy atom. The van der Waals surface area contributed by atoms with Crippen LogP contribution in [0.1, 0.15) is 15.9 Å². The van der Waals surface area contributed by atoms with E-state index < -0.39 is 27.6 Å². The highest BCUT2D eigenvalue weighted by atomic mass is 35.6. The first-order valence-electron chi connectivity index (χ1n) is 9.22. The lowest BCUT2D eigenvalue weighted by Crippen LogP contribution is -2.56. The molecule has 0 aliphatic heterocycles. The number of thiocarbonyl (C=S) groups is 1. The maximum atomic E-state index is 12.9. The summed E-state index contributed by atoms with van der Waals surface area (Å²) in [5.41, 5.74) is -0.771. The molecule has 7 nitrogen and oxygen atoms in total. The number of hydrogen-bond donors (Lipinski definition) is 3. The minimum Gasteiger partial charge on any atom is -0.493 e. The summed E-state index contributed by atoms with van der Waals surface area (Å²) < 4.78 is 52.3. The number of halogens is 6. The van der Waals surface area contributed by atoms with Gasteiger partial charge in [0.15, 0.2) is 16.6 Å². The van der Waals surface area contributed by atoms with Crippen LogP contribution in [0, 0.1) is 0 Å². The molecule has 0 saturated carbocycles. The fourth-order valence-electron chi connectivity index (χ4n) is 2.70. The van der Waals surface area contributed by atoms with Gasteiger partial charge in [-0.2, -0.15) is 13.2 Å². The van der Waals surface area contributed by atoms with Gasteiger partial charge in [-0.05, 0) is 42.5 Å². The summed E-state index contributed by atoms with van der Waals surface area (Å²) >= 11 is 23.0. The minimum atomic E-state index is -4.54. The summed E-state index contributed by atoms with van der Waals surface area (Å²) in [6.07, 6.45) is -5.92. The van der Waals surface area contributed by atoms with Gasteiger partial charge in [-0.25, -0.2) is 0 Å². The van der Waals surface area contributed by atoms with Gasteiger partial charge in [-0.3, -0.25) is 4.79 Å². The van der Waals surface area contributed by atoms with E-state index in [1.165, 1.54) is 45.6 Å². The molecule has 1 unspecified atom stereocenters. The molecule has 3 N–H and O–H groups in total. The Kier molecular flexibility index (Phi) is 9.35. The molecule has 0 radical (unpaired) electrons. The lowest BCUT2D eigenvalue weighted by molar-refractivity contribution is -0.137. The number of hydrogen-bond acceptors (Lipinski definition) is 5. The van der Waals surface area contributed by atoms with Gasteiger partial charge in [0.1, 0.15) is 6.17 Å². The number of carbonyl (C=O) groups excluding carboxylic acids is 1. The second-order valence-electron chi connectivity index (χ2n) is 6.54. The number of benzene rings is 2. The zero-order valence-corrected chi connectivity index (χ0v) is 20.9. The van der Waals surface area contributed by atoms with Gasteiger partial charge in [0.05, 0.1) is 26.9 Å². The fourth-order valence-corrected chi connectivity index (χ4v) is 3.26. The molecule has 14 heteroatoms. The Morgan fingerprint density at radius 1 is 0.971 bits per heavy atom. The van der Waals surface area contributed by atoms with Crippen LogP contribution in [0.3, 0.4) is 0 Å². The van der Waals surface area contributed by atoms with Crippen LogP contribution < -0.4 is 30.2 Å². The van der Waals surface area contributed by atoms with Crippen molar-refractivity contribution < 1.29 is 32.2 Å². The maximum absolute atomic E-state index is 12.9. The van der Waals surface area contributed by atoms with E-state index in [1.54, 1.807) is 0 Å². The quantitative estimate of drug-likeness (QED) is 0.246. The average molecular weight is 561 g/mol. The van der Waals surface area contributed by atoms with E-state index in [0.717, 1.165) is 12.1 Å². The Labute approximate surface area is 213 Å². The number of ether oxygens (including phenoxy) is 3. The van der Waals surface area contributed by atoms with Crippen molar-refractivity contribution in [2.24, 2.45) is 0 Å². The number of nitrogens with one attached hydrogen (secondary N) is 3. The first kappa shape index (κ1) is 27.9. The van der Waals surface area contributed by atoms with Crippen LogP contribution in [0.15, 0.2) is 36.4 Å². The predicted octanol–water partition coefficient (Wildman–Crippen LogP) is 5.14. The Balaban J connectivity index is 2.21. The molecule has 2 aromatic rings. The number of alkyl halides is 6. The SMILES string of the molecule is COc1cc(C(=O)NC(NC(=S)Nc2cccc(C(F)(F)F)c2)C(Cl)(Cl)Cl)cc(OC)c1OC. The zero-order chi connectivity index (χ0) is 25.7. The molecule has 2 aromatic carbocycles. The smallest absolute Gasteiger partial charge is 0.416 e. The fraction of sp³-hybridized carbons (Fsp3) is 0.300. The van der Waals surface area contributed by atoms with Gasteiger partial charge in [-0.1, -0.05) is 40.9 Å². The number of anilines is 1. The molecule has 0 heterocycles. The molecule has 1 atom stereocenters. The average Bonchev–Trinajstić information content (AvgIpc) is 2.76. The van der Waals surface area contributed by atoms with Gasteiger partial charge in [0.2, 0.25) is 9.54 Å². The molecule has 0 aliphatic carbocycles. The number of amides is 1. The van der Waals surface area contributed by atoms with Crippen LogP contribution in [0.5, 0.6) is 17.2 Å². The highest BCUT2D eigenvalue weighted by Crippen LogP contribution is 2.38. The van der Waals surface area contributed by atoms with Crippen molar-refractivity contribution >= 4 is 63.7 Å². The van der Waals surface area contributed by atoms with E-state index >= 15 is 0 Å². The molecule has 0 bridgehead atoms. The van der Waals surface area contributed by atoms with Crippen LogP contribution in [-0.4, -0.2) is 42.3 Å². The second kappa shape index (κ2) is 11.4. The second-order valence-corrected chi connectivity index (χ2v) is 9.32. The van der Waals surface area contributed by atoms with E-state index in [-0.39, 0.29) is 33.6 Å². The minimum absolute atomic E-state index is 0.0337. The highest BCUT2D eigenvalue weighted by molar-refractivity contribution is 7.80. The summed E-state index contributed by atoms with van der Waals surface area (Å²) in [6, 6.07) is 7.08. The van der Waals surface area contributed by atoms with Crippen LogP contribution in [0.4, 0.5) is 18.9 Å². The van der Waals surface area contributed by atoms with E-state index in [1.807, 2.05) is 0 Å². The van der Waals surface area contributed by atoms with Crippen molar-refractivity contribution in [3.63, 3.8) is 0 Å². The lowest BCUT2D eigenvalue weighted by Gasteiger charge is -2.28. The topological polar surface area (TPSA) is 80.9 Å². The third-order valence-corrected chi connectivity index (χ3v) is 5.13. The Bertz CT molecular complexity index is 1030. The maximum Gasteiger partial charge on any atom is 0.416 e. The van der Waals surface area contributed by atoms with Gasteiger partial charge >= 0.3 is 6.18 Å². The molecule has 0 saturated heterocycles. The van der Waals surface area contributed by atoms with Gasteiger partial charge in [-0.15, -0.1) is 0 Å². The van der Waals surface area contributed by atoms with Gasteiger partial charge in [0, 0.05) is 11.3 Å². The summed E-state index contributed by atoms with van der Waals surface area (Å²) in [5, 5.41) is 7.38. The molecular weight excluding hydrogens is 542 g/mol. The largest absolute Gasteiger partial charge is 0.493 e. The van der Waals surface area contributed by atoms with Gasteiger partial charge in [0.25, 0.3) is 5.91 Å². The number of methoxy groups -OCH3 is 3. The van der Waals surface area contributed by atoms with Crippen molar-refractivity contribution in [1.82, 2.24) is 10.6 Å². The molecule has 0 spiro atoms. The van der Waals surface area contributed by atoms with Crippen molar-refractivity contribution in [2.45, 2.75) is 16.1 Å². The summed E-state index contributed by atoms with van der Waals surface area (Å²) in [4.78, 5) is 12.9. The third-order valence-electron chi connectivity index (χ3n) is 4.25. The van der Waals surface area contributed by atoms with E-state index in [9.17, 15) is 18.0 Å². The Hall–Kier alpha value is -2.34.